The van der Waals surface area contributed by atoms with Crippen molar-refractivity contribution in [3.05, 3.63) is 17.7 Å². The first-order valence-corrected chi connectivity index (χ1v) is 9.43. The normalized spacial score (nSPS) is 23.5. The fourth-order valence-corrected chi connectivity index (χ4v) is 4.11. The summed E-state index contributed by atoms with van der Waals surface area (Å²) in [4.78, 5) is 15.3. The molecular weight excluding hydrogens is 334 g/mol. The average molecular weight is 363 g/mol. The summed E-state index contributed by atoms with van der Waals surface area (Å²) < 4.78 is 21.9. The molecule has 0 spiro atoms. The van der Waals surface area contributed by atoms with Crippen molar-refractivity contribution in [1.29, 1.82) is 0 Å². The molecule has 26 heavy (non-hydrogen) atoms. The number of rotatable bonds is 6. The summed E-state index contributed by atoms with van der Waals surface area (Å²) in [5, 5.41) is 0. The first kappa shape index (κ1) is 18.8. The molecule has 0 N–H and O–H groups in total. The van der Waals surface area contributed by atoms with Crippen molar-refractivity contribution in [2.24, 2.45) is 0 Å². The molecule has 0 bridgehead atoms. The highest BCUT2D eigenvalue weighted by molar-refractivity contribution is 5.91. The van der Waals surface area contributed by atoms with Gasteiger partial charge < -0.3 is 18.9 Å². The number of nitrogens with zero attached hydrogens (tertiary/aromatic N) is 1. The van der Waals surface area contributed by atoms with Gasteiger partial charge in [-0.05, 0) is 57.3 Å². The number of hydrogen-bond donors (Lipinski definition) is 0. The molecule has 2 atom stereocenters. The highest BCUT2D eigenvalue weighted by Crippen LogP contribution is 2.38. The third kappa shape index (κ3) is 3.90. The SMILES string of the molecule is COc1cc(C(=O)O[C@@H]2CCCC[C@H]2N2CCCC2)cc(OC)c1OC. The van der Waals surface area contributed by atoms with Crippen LogP contribution < -0.4 is 14.2 Å². The maximum absolute atomic E-state index is 12.8. The Labute approximate surface area is 155 Å². The van der Waals surface area contributed by atoms with E-state index in [4.69, 9.17) is 18.9 Å². The number of methoxy groups -OCH3 is 3. The van der Waals surface area contributed by atoms with Gasteiger partial charge in [-0.3, -0.25) is 4.90 Å². The zero-order valence-corrected chi connectivity index (χ0v) is 16.0. The lowest BCUT2D eigenvalue weighted by Gasteiger charge is -2.37. The van der Waals surface area contributed by atoms with Gasteiger partial charge in [0.05, 0.1) is 26.9 Å². The molecule has 1 aliphatic carbocycles. The first-order chi connectivity index (χ1) is 12.7. The van der Waals surface area contributed by atoms with Gasteiger partial charge in [0.1, 0.15) is 6.10 Å². The Morgan fingerprint density at radius 3 is 2.12 bits per heavy atom. The Morgan fingerprint density at radius 2 is 1.54 bits per heavy atom. The third-order valence-corrected chi connectivity index (χ3v) is 5.44. The van der Waals surface area contributed by atoms with Gasteiger partial charge in [-0.1, -0.05) is 6.42 Å². The molecule has 6 nitrogen and oxygen atoms in total. The molecule has 2 fully saturated rings. The number of likely N-dealkylation sites (tertiary alicyclic amines) is 1. The van der Waals surface area contributed by atoms with Gasteiger partial charge in [-0.2, -0.15) is 0 Å². The molecule has 0 amide bonds. The summed E-state index contributed by atoms with van der Waals surface area (Å²) in [6.45, 7) is 2.23. The monoisotopic (exact) mass is 363 g/mol. The van der Waals surface area contributed by atoms with Crippen molar-refractivity contribution in [3.8, 4) is 17.2 Å². The highest BCUT2D eigenvalue weighted by atomic mass is 16.5. The van der Waals surface area contributed by atoms with Crippen LogP contribution in [0.25, 0.3) is 0 Å². The molecule has 144 valence electrons. The third-order valence-electron chi connectivity index (χ3n) is 5.44. The fraction of sp³-hybridized carbons (Fsp3) is 0.650. The zero-order chi connectivity index (χ0) is 18.5. The van der Waals surface area contributed by atoms with Gasteiger partial charge in [0, 0.05) is 6.04 Å². The van der Waals surface area contributed by atoms with E-state index in [0.717, 1.165) is 32.4 Å². The molecule has 0 aromatic heterocycles. The van der Waals surface area contributed by atoms with Crippen molar-refractivity contribution >= 4 is 5.97 Å². The predicted octanol–water partition coefficient (Wildman–Crippen LogP) is 3.28. The molecule has 1 saturated heterocycles. The quantitative estimate of drug-likeness (QED) is 0.723. The number of benzene rings is 1. The fourth-order valence-electron chi connectivity index (χ4n) is 4.11. The summed E-state index contributed by atoms with van der Waals surface area (Å²) in [5.74, 6) is 1.05. The molecular formula is C20H29NO5. The molecule has 0 unspecified atom stereocenters. The number of carbonyl (C=O) groups excluding carboxylic acids is 1. The predicted molar refractivity (Wildman–Crippen MR) is 98.4 cm³/mol. The van der Waals surface area contributed by atoms with Crippen LogP contribution in [-0.2, 0) is 4.74 Å². The summed E-state index contributed by atoms with van der Waals surface area (Å²) in [5.41, 5.74) is 0.422. The van der Waals surface area contributed by atoms with E-state index >= 15 is 0 Å². The van der Waals surface area contributed by atoms with E-state index in [-0.39, 0.29) is 12.1 Å². The Balaban J connectivity index is 1.77. The van der Waals surface area contributed by atoms with E-state index in [2.05, 4.69) is 4.90 Å². The van der Waals surface area contributed by atoms with E-state index in [9.17, 15) is 4.79 Å². The van der Waals surface area contributed by atoms with Gasteiger partial charge >= 0.3 is 5.97 Å². The molecule has 1 aliphatic heterocycles. The maximum Gasteiger partial charge on any atom is 0.338 e. The van der Waals surface area contributed by atoms with E-state index in [0.29, 0.717) is 28.9 Å². The van der Waals surface area contributed by atoms with E-state index < -0.39 is 0 Å². The van der Waals surface area contributed by atoms with E-state index in [1.807, 2.05) is 0 Å². The zero-order valence-electron chi connectivity index (χ0n) is 16.0. The number of carbonyl (C=O) groups is 1. The lowest BCUT2D eigenvalue weighted by Crippen LogP contribution is -2.46. The van der Waals surface area contributed by atoms with Gasteiger partial charge in [0.25, 0.3) is 0 Å². The van der Waals surface area contributed by atoms with E-state index in [1.54, 1.807) is 19.2 Å². The minimum atomic E-state index is -0.333. The van der Waals surface area contributed by atoms with Crippen LogP contribution in [0.1, 0.15) is 48.9 Å². The Hall–Kier alpha value is -1.95. The Morgan fingerprint density at radius 1 is 0.923 bits per heavy atom. The summed E-state index contributed by atoms with van der Waals surface area (Å²) in [7, 11) is 4.62. The number of ether oxygens (including phenoxy) is 4. The Kier molecular flexibility index (Phi) is 6.25. The maximum atomic E-state index is 12.8. The van der Waals surface area contributed by atoms with Gasteiger partial charge in [-0.15, -0.1) is 0 Å². The second-order valence-corrected chi connectivity index (χ2v) is 6.95. The molecule has 1 heterocycles. The molecule has 1 aromatic rings. The molecule has 3 rings (SSSR count). The van der Waals surface area contributed by atoms with Crippen LogP contribution in [0.3, 0.4) is 0 Å². The van der Waals surface area contributed by atoms with Crippen LogP contribution in [0, 0.1) is 0 Å². The summed E-state index contributed by atoms with van der Waals surface area (Å²) >= 11 is 0. The first-order valence-electron chi connectivity index (χ1n) is 9.43. The van der Waals surface area contributed by atoms with Crippen LogP contribution in [0.4, 0.5) is 0 Å². The second-order valence-electron chi connectivity index (χ2n) is 6.95. The largest absolute Gasteiger partial charge is 0.493 e. The molecule has 1 saturated carbocycles. The highest BCUT2D eigenvalue weighted by Gasteiger charge is 2.34. The van der Waals surface area contributed by atoms with Crippen molar-refractivity contribution < 1.29 is 23.7 Å². The minimum absolute atomic E-state index is 0.0477. The lowest BCUT2D eigenvalue weighted by atomic mass is 9.91. The van der Waals surface area contributed by atoms with Gasteiger partial charge in [0.2, 0.25) is 5.75 Å². The van der Waals surface area contributed by atoms with Crippen molar-refractivity contribution in [2.75, 3.05) is 34.4 Å². The summed E-state index contributed by atoms with van der Waals surface area (Å²) in [6, 6.07) is 3.65. The smallest absolute Gasteiger partial charge is 0.338 e. The standard InChI is InChI=1S/C20H29NO5/c1-23-17-12-14(13-18(24-2)19(17)25-3)20(22)26-16-9-5-4-8-15(16)21-10-6-7-11-21/h12-13,15-16H,4-11H2,1-3H3/t15-,16-/m1/s1. The molecule has 6 heteroatoms. The van der Waals surface area contributed by atoms with Crippen molar-refractivity contribution in [3.63, 3.8) is 0 Å². The van der Waals surface area contributed by atoms with Crippen molar-refractivity contribution in [2.45, 2.75) is 50.7 Å². The minimum Gasteiger partial charge on any atom is -0.493 e. The van der Waals surface area contributed by atoms with Crippen molar-refractivity contribution in [1.82, 2.24) is 4.90 Å². The number of esters is 1. The van der Waals surface area contributed by atoms with E-state index in [1.165, 1.54) is 33.5 Å². The number of hydrogen-bond acceptors (Lipinski definition) is 6. The van der Waals surface area contributed by atoms with Gasteiger partial charge in [-0.25, -0.2) is 4.79 Å². The summed E-state index contributed by atoms with van der Waals surface area (Å²) in [6.07, 6.45) is 6.78. The average Bonchev–Trinajstić information content (AvgIpc) is 3.21. The van der Waals surface area contributed by atoms with Gasteiger partial charge in [0.15, 0.2) is 11.5 Å². The second kappa shape index (κ2) is 8.62. The lowest BCUT2D eigenvalue weighted by molar-refractivity contribution is -0.0126. The van der Waals surface area contributed by atoms with Crippen LogP contribution >= 0.6 is 0 Å². The van der Waals surface area contributed by atoms with Crippen LogP contribution in [0.5, 0.6) is 17.2 Å². The topological polar surface area (TPSA) is 57.2 Å². The molecule has 1 aromatic carbocycles. The van der Waals surface area contributed by atoms with Crippen LogP contribution in [0.15, 0.2) is 12.1 Å². The van der Waals surface area contributed by atoms with Crippen LogP contribution in [-0.4, -0.2) is 57.4 Å². The Bertz CT molecular complexity index is 602. The molecule has 0 radical (unpaired) electrons. The van der Waals surface area contributed by atoms with Crippen LogP contribution in [0.2, 0.25) is 0 Å². The molecule has 2 aliphatic rings.